The minimum absolute atomic E-state index is 0.0897. The van der Waals surface area contributed by atoms with Gasteiger partial charge in [0, 0.05) is 30.1 Å². The number of ether oxygens (including phenoxy) is 2. The highest BCUT2D eigenvalue weighted by molar-refractivity contribution is 5.79. The Kier molecular flexibility index (Phi) is 4.81. The number of pyridine rings is 1. The van der Waals surface area contributed by atoms with E-state index in [4.69, 9.17) is 9.47 Å². The summed E-state index contributed by atoms with van der Waals surface area (Å²) in [6.07, 6.45) is 2.22. The van der Waals surface area contributed by atoms with E-state index in [1.54, 1.807) is 34.9 Å². The van der Waals surface area contributed by atoms with E-state index >= 15 is 0 Å². The zero-order valence-corrected chi connectivity index (χ0v) is 15.1. The molecule has 0 fully saturated rings. The molecule has 2 heterocycles. The molecule has 7 heteroatoms. The molecule has 0 amide bonds. The Morgan fingerprint density at radius 2 is 1.81 bits per heavy atom. The molecule has 136 valence electrons. The van der Waals surface area contributed by atoms with Crippen molar-refractivity contribution in [2.75, 3.05) is 14.2 Å². The first kappa shape index (κ1) is 18.0. The maximum atomic E-state index is 12.8. The third-order valence-electron chi connectivity index (χ3n) is 4.36. The molecule has 0 aliphatic rings. The molecule has 1 aromatic carbocycles. The van der Waals surface area contributed by atoms with Gasteiger partial charge in [-0.05, 0) is 36.4 Å². The molecule has 0 bridgehead atoms. The monoisotopic (exact) mass is 363 g/mol. The number of nitriles is 1. The van der Waals surface area contributed by atoms with Crippen LogP contribution in [0.25, 0.3) is 22.5 Å². The molecule has 0 spiro atoms. The number of rotatable bonds is 5. The van der Waals surface area contributed by atoms with E-state index in [0.29, 0.717) is 40.4 Å². The van der Waals surface area contributed by atoms with Crippen molar-refractivity contribution in [2.45, 2.75) is 0 Å². The molecule has 3 aromatic rings. The van der Waals surface area contributed by atoms with Crippen molar-refractivity contribution in [3.05, 3.63) is 58.5 Å². The van der Waals surface area contributed by atoms with E-state index in [-0.39, 0.29) is 5.56 Å². The summed E-state index contributed by atoms with van der Waals surface area (Å²) in [5.41, 5.74) is 1.33. The van der Waals surface area contributed by atoms with Gasteiger partial charge in [0.1, 0.15) is 11.6 Å². The predicted molar refractivity (Wildman–Crippen MR) is 101 cm³/mol. The molecule has 2 aromatic heterocycles. The predicted octanol–water partition coefficient (Wildman–Crippen LogP) is 2.45. The van der Waals surface area contributed by atoms with Gasteiger partial charge >= 0.3 is 0 Å². The summed E-state index contributed by atoms with van der Waals surface area (Å²) in [6, 6.07) is 12.3. The van der Waals surface area contributed by atoms with Crippen LogP contribution in [0.15, 0.2) is 47.4 Å². The zero-order valence-electron chi connectivity index (χ0n) is 15.1. The van der Waals surface area contributed by atoms with E-state index in [1.165, 1.54) is 14.2 Å². The van der Waals surface area contributed by atoms with E-state index < -0.39 is 5.56 Å². The molecule has 0 unspecified atom stereocenters. The fourth-order valence-electron chi connectivity index (χ4n) is 3.00. The van der Waals surface area contributed by atoms with Crippen molar-refractivity contribution in [1.29, 1.82) is 5.26 Å². The first-order chi connectivity index (χ1) is 13.0. The van der Waals surface area contributed by atoms with Gasteiger partial charge in [0.2, 0.25) is 6.41 Å². The standard InChI is InChI=1S/C20H17N3O4/c1-22-8-4-5-16(22)14-10-17(23(12-24)20(25)15(14)11-21)13-6-7-18(26-2)19(9-13)27-3/h4-10,12H,1-3H3. The van der Waals surface area contributed by atoms with Gasteiger partial charge in [-0.2, -0.15) is 5.26 Å². The lowest BCUT2D eigenvalue weighted by atomic mass is 10.0. The van der Waals surface area contributed by atoms with Crippen LogP contribution >= 0.6 is 0 Å². The van der Waals surface area contributed by atoms with Crippen molar-refractivity contribution >= 4 is 6.41 Å². The Labute approximate surface area is 155 Å². The Bertz CT molecular complexity index is 1120. The van der Waals surface area contributed by atoms with Crippen LogP contribution < -0.4 is 15.0 Å². The fourth-order valence-corrected chi connectivity index (χ4v) is 3.00. The fraction of sp³-hybridized carbons (Fsp3) is 0.150. The second-order valence-corrected chi connectivity index (χ2v) is 5.78. The van der Waals surface area contributed by atoms with Gasteiger partial charge in [0.15, 0.2) is 11.5 Å². The highest BCUT2D eigenvalue weighted by atomic mass is 16.5. The van der Waals surface area contributed by atoms with Gasteiger partial charge in [-0.25, -0.2) is 4.57 Å². The van der Waals surface area contributed by atoms with Crippen LogP contribution in [0.4, 0.5) is 0 Å². The molecular weight excluding hydrogens is 346 g/mol. The number of hydrogen-bond acceptors (Lipinski definition) is 5. The van der Waals surface area contributed by atoms with Crippen molar-refractivity contribution in [2.24, 2.45) is 7.05 Å². The molecule has 0 radical (unpaired) electrons. The number of benzene rings is 1. The zero-order chi connectivity index (χ0) is 19.6. The Morgan fingerprint density at radius 3 is 2.37 bits per heavy atom. The second kappa shape index (κ2) is 7.22. The maximum Gasteiger partial charge on any atom is 0.276 e. The normalized spacial score (nSPS) is 10.3. The number of carbonyl (C=O) groups is 1. The van der Waals surface area contributed by atoms with Crippen LogP contribution in [-0.4, -0.2) is 29.8 Å². The lowest BCUT2D eigenvalue weighted by molar-refractivity contribution is 0.355. The number of methoxy groups -OCH3 is 2. The van der Waals surface area contributed by atoms with Crippen molar-refractivity contribution < 1.29 is 14.3 Å². The van der Waals surface area contributed by atoms with Gasteiger partial charge in [0.05, 0.1) is 19.9 Å². The summed E-state index contributed by atoms with van der Waals surface area (Å²) >= 11 is 0. The van der Waals surface area contributed by atoms with Crippen LogP contribution in [0.1, 0.15) is 5.56 Å². The summed E-state index contributed by atoms with van der Waals surface area (Å²) in [7, 11) is 4.84. The molecule has 27 heavy (non-hydrogen) atoms. The Hall–Kier alpha value is -3.79. The number of aryl methyl sites for hydroxylation is 1. The van der Waals surface area contributed by atoms with Gasteiger partial charge in [0.25, 0.3) is 5.56 Å². The maximum absolute atomic E-state index is 12.8. The van der Waals surface area contributed by atoms with E-state index in [0.717, 1.165) is 4.57 Å². The quantitative estimate of drug-likeness (QED) is 0.650. The summed E-state index contributed by atoms with van der Waals surface area (Å²) in [6.45, 7) is 0. The summed E-state index contributed by atoms with van der Waals surface area (Å²) in [5, 5.41) is 9.50. The van der Waals surface area contributed by atoms with E-state index in [2.05, 4.69) is 0 Å². The molecule has 0 N–H and O–H groups in total. The third kappa shape index (κ3) is 2.98. The minimum atomic E-state index is -0.670. The van der Waals surface area contributed by atoms with Crippen molar-refractivity contribution in [1.82, 2.24) is 9.13 Å². The minimum Gasteiger partial charge on any atom is -0.493 e. The van der Waals surface area contributed by atoms with Crippen LogP contribution in [0.3, 0.4) is 0 Å². The first-order valence-electron chi connectivity index (χ1n) is 8.04. The first-order valence-corrected chi connectivity index (χ1v) is 8.04. The highest BCUT2D eigenvalue weighted by Crippen LogP contribution is 2.33. The lowest BCUT2D eigenvalue weighted by Gasteiger charge is -2.14. The highest BCUT2D eigenvalue weighted by Gasteiger charge is 2.19. The number of nitrogens with zero attached hydrogens (tertiary/aromatic N) is 3. The Morgan fingerprint density at radius 1 is 1.07 bits per heavy atom. The average Bonchev–Trinajstić information content (AvgIpc) is 3.12. The Balaban J connectivity index is 2.36. The van der Waals surface area contributed by atoms with Gasteiger partial charge in [-0.3, -0.25) is 9.59 Å². The van der Waals surface area contributed by atoms with Crippen LogP contribution in [0.2, 0.25) is 0 Å². The largest absolute Gasteiger partial charge is 0.493 e. The van der Waals surface area contributed by atoms with Crippen LogP contribution in [-0.2, 0) is 11.8 Å². The van der Waals surface area contributed by atoms with Crippen molar-refractivity contribution in [3.63, 3.8) is 0 Å². The SMILES string of the molecule is COc1ccc(-c2cc(-c3cccn3C)c(C#N)c(=O)n2C=O)cc1OC. The molecule has 0 saturated carbocycles. The average molecular weight is 363 g/mol. The molecule has 0 saturated heterocycles. The summed E-state index contributed by atoms with van der Waals surface area (Å²) < 4.78 is 13.3. The van der Waals surface area contributed by atoms with Crippen LogP contribution in [0, 0.1) is 11.3 Å². The number of hydrogen-bond donors (Lipinski definition) is 0. The molecule has 0 aliphatic carbocycles. The second-order valence-electron chi connectivity index (χ2n) is 5.78. The molecule has 3 rings (SSSR count). The molecule has 0 aliphatic heterocycles. The summed E-state index contributed by atoms with van der Waals surface area (Å²) in [4.78, 5) is 24.4. The molecular formula is C20H17N3O4. The topological polar surface area (TPSA) is 86.3 Å². The van der Waals surface area contributed by atoms with Gasteiger partial charge in [-0.1, -0.05) is 0 Å². The lowest BCUT2D eigenvalue weighted by Crippen LogP contribution is -2.25. The third-order valence-corrected chi connectivity index (χ3v) is 4.36. The van der Waals surface area contributed by atoms with Crippen molar-refractivity contribution in [3.8, 4) is 40.1 Å². The summed E-state index contributed by atoms with van der Waals surface area (Å²) in [5.74, 6) is 0.988. The molecule has 7 nitrogen and oxygen atoms in total. The number of aromatic nitrogens is 2. The van der Waals surface area contributed by atoms with E-state index in [9.17, 15) is 14.9 Å². The van der Waals surface area contributed by atoms with Crippen LogP contribution in [0.5, 0.6) is 11.5 Å². The van der Waals surface area contributed by atoms with Gasteiger partial charge in [-0.15, -0.1) is 0 Å². The molecule has 0 atom stereocenters. The number of carbonyl (C=O) groups excluding carboxylic acids is 1. The smallest absolute Gasteiger partial charge is 0.276 e. The van der Waals surface area contributed by atoms with Gasteiger partial charge < -0.3 is 14.0 Å². The van der Waals surface area contributed by atoms with E-state index in [1.807, 2.05) is 25.4 Å².